The van der Waals surface area contributed by atoms with Crippen molar-refractivity contribution in [3.63, 3.8) is 0 Å². The van der Waals surface area contributed by atoms with Crippen LogP contribution in [-0.4, -0.2) is 11.5 Å². The van der Waals surface area contributed by atoms with Crippen LogP contribution in [0.1, 0.15) is 31.4 Å². The fraction of sp³-hybridized carbons (Fsp3) is 0.357. The summed E-state index contributed by atoms with van der Waals surface area (Å²) in [5, 5.41) is 13.6. The molecular formula is C14H17N3. The van der Waals surface area contributed by atoms with Crippen molar-refractivity contribution in [1.29, 1.82) is 5.26 Å². The minimum Gasteiger partial charge on any atom is -0.361 e. The molecule has 2 rings (SSSR count). The lowest BCUT2D eigenvalue weighted by atomic mass is 10.1. The van der Waals surface area contributed by atoms with E-state index in [2.05, 4.69) is 23.3 Å². The van der Waals surface area contributed by atoms with Crippen LogP contribution in [0.15, 0.2) is 30.5 Å². The number of nitriles is 1. The molecule has 0 aliphatic heterocycles. The normalized spacial score (nSPS) is 12.5. The van der Waals surface area contributed by atoms with Crippen molar-refractivity contribution in [2.24, 2.45) is 0 Å². The maximum absolute atomic E-state index is 9.23. The minimum absolute atomic E-state index is 0.224. The van der Waals surface area contributed by atoms with Gasteiger partial charge in [-0.15, -0.1) is 0 Å². The largest absolute Gasteiger partial charge is 0.361 e. The van der Waals surface area contributed by atoms with E-state index in [-0.39, 0.29) is 6.04 Å². The van der Waals surface area contributed by atoms with E-state index in [1.54, 1.807) is 0 Å². The smallest absolute Gasteiger partial charge is 0.123 e. The van der Waals surface area contributed by atoms with Crippen LogP contribution < -0.4 is 5.32 Å². The Bertz CT molecular complexity index is 521. The molecule has 1 aromatic carbocycles. The molecule has 88 valence electrons. The molecule has 17 heavy (non-hydrogen) atoms. The summed E-state index contributed by atoms with van der Waals surface area (Å²) in [6.07, 6.45) is 4.16. The second-order valence-corrected chi connectivity index (χ2v) is 4.16. The van der Waals surface area contributed by atoms with Gasteiger partial charge in [0.1, 0.15) is 6.04 Å². The lowest BCUT2D eigenvalue weighted by Gasteiger charge is -2.10. The van der Waals surface area contributed by atoms with Crippen molar-refractivity contribution in [3.05, 3.63) is 36.0 Å². The number of hydrogen-bond acceptors (Lipinski definition) is 2. The SMILES string of the molecule is CCCCNC(C#N)c1c[nH]c2ccccc12. The van der Waals surface area contributed by atoms with Gasteiger partial charge in [0.2, 0.25) is 0 Å². The summed E-state index contributed by atoms with van der Waals surface area (Å²) in [7, 11) is 0. The topological polar surface area (TPSA) is 51.6 Å². The zero-order valence-corrected chi connectivity index (χ0v) is 10.0. The van der Waals surface area contributed by atoms with E-state index in [4.69, 9.17) is 0 Å². The van der Waals surface area contributed by atoms with Crippen LogP contribution in [0.4, 0.5) is 0 Å². The van der Waals surface area contributed by atoms with Gasteiger partial charge in [0.05, 0.1) is 6.07 Å². The Morgan fingerprint density at radius 2 is 2.24 bits per heavy atom. The third-order valence-electron chi connectivity index (χ3n) is 2.94. The summed E-state index contributed by atoms with van der Waals surface area (Å²) >= 11 is 0. The van der Waals surface area contributed by atoms with Gasteiger partial charge in [-0.2, -0.15) is 5.26 Å². The number of unbranched alkanes of at least 4 members (excludes halogenated alkanes) is 1. The quantitative estimate of drug-likeness (QED) is 0.771. The first-order chi connectivity index (χ1) is 8.36. The molecule has 3 nitrogen and oxygen atoms in total. The molecule has 0 saturated heterocycles. The van der Waals surface area contributed by atoms with Gasteiger partial charge in [0.15, 0.2) is 0 Å². The van der Waals surface area contributed by atoms with Crippen LogP contribution in [0.2, 0.25) is 0 Å². The van der Waals surface area contributed by atoms with Crippen molar-refractivity contribution in [3.8, 4) is 6.07 Å². The highest BCUT2D eigenvalue weighted by molar-refractivity contribution is 5.83. The average molecular weight is 227 g/mol. The third kappa shape index (κ3) is 2.48. The maximum Gasteiger partial charge on any atom is 0.123 e. The number of aromatic amines is 1. The number of nitrogens with zero attached hydrogens (tertiary/aromatic N) is 1. The number of benzene rings is 1. The van der Waals surface area contributed by atoms with E-state index >= 15 is 0 Å². The van der Waals surface area contributed by atoms with Gasteiger partial charge < -0.3 is 4.98 Å². The Hall–Kier alpha value is -1.79. The Morgan fingerprint density at radius 3 is 3.00 bits per heavy atom. The number of hydrogen-bond donors (Lipinski definition) is 2. The molecule has 0 fully saturated rings. The second-order valence-electron chi connectivity index (χ2n) is 4.16. The molecule has 2 aromatic rings. The van der Waals surface area contributed by atoms with Crippen LogP contribution in [-0.2, 0) is 0 Å². The van der Waals surface area contributed by atoms with Gasteiger partial charge in [0, 0.05) is 22.7 Å². The molecule has 1 unspecified atom stereocenters. The summed E-state index contributed by atoms with van der Waals surface area (Å²) in [5.41, 5.74) is 2.12. The standard InChI is InChI=1S/C14H17N3/c1-2-3-8-16-14(9-15)12-10-17-13-7-5-4-6-11(12)13/h4-7,10,14,16-17H,2-3,8H2,1H3. The second kappa shape index (κ2) is 5.51. The van der Waals surface area contributed by atoms with Gasteiger partial charge in [-0.1, -0.05) is 31.5 Å². The number of H-pyrrole nitrogens is 1. The summed E-state index contributed by atoms with van der Waals surface area (Å²) in [6.45, 7) is 3.03. The first-order valence-electron chi connectivity index (χ1n) is 6.05. The highest BCUT2D eigenvalue weighted by atomic mass is 14.9. The predicted molar refractivity (Wildman–Crippen MR) is 69.6 cm³/mol. The molecule has 0 bridgehead atoms. The van der Waals surface area contributed by atoms with Crippen LogP contribution in [0.5, 0.6) is 0 Å². The van der Waals surface area contributed by atoms with Crippen LogP contribution >= 0.6 is 0 Å². The molecule has 2 N–H and O–H groups in total. The van der Waals surface area contributed by atoms with Crippen molar-refractivity contribution in [1.82, 2.24) is 10.3 Å². The van der Waals surface area contributed by atoms with E-state index < -0.39 is 0 Å². The zero-order chi connectivity index (χ0) is 12.1. The van der Waals surface area contributed by atoms with Gasteiger partial charge in [0.25, 0.3) is 0 Å². The summed E-state index contributed by atoms with van der Waals surface area (Å²) in [6, 6.07) is 10.2. The molecule has 0 saturated carbocycles. The third-order valence-corrected chi connectivity index (χ3v) is 2.94. The monoisotopic (exact) mass is 227 g/mol. The van der Waals surface area contributed by atoms with Crippen molar-refractivity contribution in [2.45, 2.75) is 25.8 Å². The van der Waals surface area contributed by atoms with Crippen LogP contribution in [0.25, 0.3) is 10.9 Å². The number of fused-ring (bicyclic) bond motifs is 1. The molecule has 1 atom stereocenters. The highest BCUT2D eigenvalue weighted by Crippen LogP contribution is 2.23. The summed E-state index contributed by atoms with van der Waals surface area (Å²) in [5.74, 6) is 0. The van der Waals surface area contributed by atoms with Gasteiger partial charge in [-0.3, -0.25) is 5.32 Å². The molecule has 0 amide bonds. The summed E-state index contributed by atoms with van der Waals surface area (Å²) < 4.78 is 0. The predicted octanol–water partition coefficient (Wildman–Crippen LogP) is 3.12. The summed E-state index contributed by atoms with van der Waals surface area (Å²) in [4.78, 5) is 3.20. The van der Waals surface area contributed by atoms with Crippen molar-refractivity contribution < 1.29 is 0 Å². The average Bonchev–Trinajstić information content (AvgIpc) is 2.79. The molecule has 0 aliphatic rings. The Morgan fingerprint density at radius 1 is 1.41 bits per heavy atom. The molecule has 0 aliphatic carbocycles. The lowest BCUT2D eigenvalue weighted by Crippen LogP contribution is -2.20. The molecular weight excluding hydrogens is 210 g/mol. The van der Waals surface area contributed by atoms with E-state index in [1.807, 2.05) is 30.5 Å². The van der Waals surface area contributed by atoms with Gasteiger partial charge in [-0.05, 0) is 19.0 Å². The van der Waals surface area contributed by atoms with Gasteiger partial charge >= 0.3 is 0 Å². The van der Waals surface area contributed by atoms with Crippen molar-refractivity contribution in [2.75, 3.05) is 6.54 Å². The lowest BCUT2D eigenvalue weighted by molar-refractivity contribution is 0.600. The van der Waals surface area contributed by atoms with E-state index in [0.717, 1.165) is 35.9 Å². The number of para-hydroxylation sites is 1. The Balaban J connectivity index is 2.22. The van der Waals surface area contributed by atoms with Gasteiger partial charge in [-0.25, -0.2) is 0 Å². The fourth-order valence-corrected chi connectivity index (χ4v) is 1.98. The number of aromatic nitrogens is 1. The molecule has 1 heterocycles. The molecule has 3 heteroatoms. The first-order valence-corrected chi connectivity index (χ1v) is 6.05. The van der Waals surface area contributed by atoms with Crippen LogP contribution in [0.3, 0.4) is 0 Å². The fourth-order valence-electron chi connectivity index (χ4n) is 1.98. The van der Waals surface area contributed by atoms with E-state index in [9.17, 15) is 5.26 Å². The first kappa shape index (κ1) is 11.7. The molecule has 0 radical (unpaired) electrons. The van der Waals surface area contributed by atoms with E-state index in [1.165, 1.54) is 0 Å². The Labute approximate surface area is 101 Å². The Kier molecular flexibility index (Phi) is 3.79. The molecule has 0 spiro atoms. The number of nitrogens with one attached hydrogen (secondary N) is 2. The number of rotatable bonds is 5. The zero-order valence-electron chi connectivity index (χ0n) is 10.0. The van der Waals surface area contributed by atoms with Crippen molar-refractivity contribution >= 4 is 10.9 Å². The minimum atomic E-state index is -0.224. The molecule has 1 aromatic heterocycles. The van der Waals surface area contributed by atoms with Crippen LogP contribution in [0, 0.1) is 11.3 Å². The highest BCUT2D eigenvalue weighted by Gasteiger charge is 2.13. The van der Waals surface area contributed by atoms with E-state index in [0.29, 0.717) is 0 Å². The maximum atomic E-state index is 9.23.